The molecular weight excluding hydrogens is 228 g/mol. The van der Waals surface area contributed by atoms with E-state index in [9.17, 15) is 4.79 Å². The first-order valence-electron chi connectivity index (χ1n) is 6.71. The van der Waals surface area contributed by atoms with Gasteiger partial charge < -0.3 is 0 Å². The lowest BCUT2D eigenvalue weighted by Crippen LogP contribution is -2.24. The molecule has 0 radical (unpaired) electrons. The highest BCUT2D eigenvalue weighted by Gasteiger charge is 2.24. The lowest BCUT2D eigenvalue weighted by molar-refractivity contribution is -0.120. The van der Waals surface area contributed by atoms with Crippen LogP contribution in [0.2, 0.25) is 0 Å². The molecule has 1 aromatic rings. The minimum absolute atomic E-state index is 0.0403. The Balaban J connectivity index is 1.59. The van der Waals surface area contributed by atoms with Gasteiger partial charge in [0.25, 0.3) is 0 Å². The van der Waals surface area contributed by atoms with Crippen LogP contribution in [0.15, 0.2) is 12.2 Å². The van der Waals surface area contributed by atoms with Gasteiger partial charge in [0.1, 0.15) is 5.82 Å². The van der Waals surface area contributed by atoms with E-state index in [-0.39, 0.29) is 11.8 Å². The van der Waals surface area contributed by atoms with E-state index in [0.717, 1.165) is 25.1 Å². The molecule has 0 saturated heterocycles. The molecule has 2 N–H and O–H groups in total. The van der Waals surface area contributed by atoms with Gasteiger partial charge in [-0.3, -0.25) is 15.2 Å². The van der Waals surface area contributed by atoms with Crippen molar-refractivity contribution in [3.63, 3.8) is 0 Å². The lowest BCUT2D eigenvalue weighted by atomic mass is 9.85. The lowest BCUT2D eigenvalue weighted by Gasteiger charge is -2.22. The van der Waals surface area contributed by atoms with Crippen molar-refractivity contribution in [2.24, 2.45) is 5.92 Å². The van der Waals surface area contributed by atoms with Gasteiger partial charge in [0.05, 0.1) is 0 Å². The van der Waals surface area contributed by atoms with E-state index >= 15 is 0 Å². The van der Waals surface area contributed by atoms with Crippen LogP contribution < -0.4 is 5.32 Å². The monoisotopic (exact) mass is 246 g/mol. The molecule has 1 fully saturated rings. The molecule has 1 atom stereocenters. The van der Waals surface area contributed by atoms with Crippen LogP contribution in [0.25, 0.3) is 0 Å². The van der Waals surface area contributed by atoms with Crippen molar-refractivity contribution in [2.45, 2.75) is 44.4 Å². The van der Waals surface area contributed by atoms with Crippen LogP contribution in [0, 0.1) is 5.92 Å². The Morgan fingerprint density at radius 3 is 2.89 bits per heavy atom. The van der Waals surface area contributed by atoms with Crippen LogP contribution in [0.1, 0.15) is 50.3 Å². The van der Waals surface area contributed by atoms with Gasteiger partial charge in [-0.1, -0.05) is 18.6 Å². The van der Waals surface area contributed by atoms with Crippen molar-refractivity contribution < 1.29 is 4.79 Å². The Morgan fingerprint density at radius 2 is 2.22 bits per heavy atom. The van der Waals surface area contributed by atoms with Crippen molar-refractivity contribution in [3.05, 3.63) is 18.0 Å². The van der Waals surface area contributed by atoms with Crippen molar-refractivity contribution in [2.75, 3.05) is 5.32 Å². The summed E-state index contributed by atoms with van der Waals surface area (Å²) >= 11 is 0. The number of anilines is 1. The summed E-state index contributed by atoms with van der Waals surface area (Å²) in [5.41, 5.74) is 0. The molecule has 1 aromatic heterocycles. The normalized spacial score (nSPS) is 23.7. The summed E-state index contributed by atoms with van der Waals surface area (Å²) in [5, 5.41) is 9.80. The first kappa shape index (κ1) is 11.4. The molecule has 96 valence electrons. The summed E-state index contributed by atoms with van der Waals surface area (Å²) in [6, 6.07) is 0. The van der Waals surface area contributed by atoms with E-state index in [2.05, 4.69) is 32.7 Å². The number of hydrogen-bond donors (Lipinski definition) is 2. The molecule has 1 amide bonds. The maximum Gasteiger partial charge on any atom is 0.248 e. The predicted molar refractivity (Wildman–Crippen MR) is 68.1 cm³/mol. The molecule has 5 nitrogen and oxygen atoms in total. The largest absolute Gasteiger partial charge is 0.293 e. The number of amides is 1. The maximum atomic E-state index is 12.0. The standard InChI is InChI=1S/C13H18N4O/c18-12(10-5-2-1-3-6-10)15-13-14-11(16-17-13)9-7-4-8-9/h1-2,9-10H,3-8H2,(H2,14,15,16,17,18). The summed E-state index contributed by atoms with van der Waals surface area (Å²) in [6.45, 7) is 0. The smallest absolute Gasteiger partial charge is 0.248 e. The van der Waals surface area contributed by atoms with Crippen molar-refractivity contribution in [1.82, 2.24) is 15.2 Å². The Labute approximate surface area is 106 Å². The molecule has 0 bridgehead atoms. The second-order valence-electron chi connectivity index (χ2n) is 5.14. The highest BCUT2D eigenvalue weighted by atomic mass is 16.2. The fourth-order valence-corrected chi connectivity index (χ4v) is 2.44. The molecule has 0 spiro atoms. The number of nitrogens with zero attached hydrogens (tertiary/aromatic N) is 2. The molecule has 5 heteroatoms. The van der Waals surface area contributed by atoms with E-state index in [0.29, 0.717) is 11.9 Å². The number of H-pyrrole nitrogens is 1. The molecule has 2 aliphatic carbocycles. The number of allylic oxidation sites excluding steroid dienone is 2. The first-order chi connectivity index (χ1) is 8.83. The minimum atomic E-state index is 0.0403. The topological polar surface area (TPSA) is 70.7 Å². The highest BCUT2D eigenvalue weighted by Crippen LogP contribution is 2.34. The maximum absolute atomic E-state index is 12.0. The predicted octanol–water partition coefficient (Wildman–Crippen LogP) is 2.37. The van der Waals surface area contributed by atoms with Crippen LogP contribution in [0.5, 0.6) is 0 Å². The van der Waals surface area contributed by atoms with Gasteiger partial charge in [0.2, 0.25) is 11.9 Å². The summed E-state index contributed by atoms with van der Waals surface area (Å²) in [5.74, 6) is 1.97. The van der Waals surface area contributed by atoms with E-state index in [1.165, 1.54) is 19.3 Å². The number of hydrogen-bond acceptors (Lipinski definition) is 3. The average Bonchev–Trinajstić information content (AvgIpc) is 2.76. The molecule has 3 rings (SSSR count). The number of aromatic amines is 1. The third-order valence-electron chi connectivity index (χ3n) is 3.87. The number of carbonyl (C=O) groups excluding carboxylic acids is 1. The average molecular weight is 246 g/mol. The SMILES string of the molecule is O=C(Nc1n[nH]c(C2CCC2)n1)C1CC=CCC1. The van der Waals surface area contributed by atoms with E-state index in [4.69, 9.17) is 0 Å². The van der Waals surface area contributed by atoms with Crippen LogP contribution >= 0.6 is 0 Å². The van der Waals surface area contributed by atoms with Gasteiger partial charge in [0, 0.05) is 11.8 Å². The van der Waals surface area contributed by atoms with Crippen LogP contribution in [0.3, 0.4) is 0 Å². The Bertz CT molecular complexity index is 461. The zero-order valence-corrected chi connectivity index (χ0v) is 10.4. The number of aromatic nitrogens is 3. The van der Waals surface area contributed by atoms with Crippen molar-refractivity contribution in [3.8, 4) is 0 Å². The van der Waals surface area contributed by atoms with Crippen LogP contribution in [-0.4, -0.2) is 21.1 Å². The summed E-state index contributed by atoms with van der Waals surface area (Å²) in [4.78, 5) is 16.3. The summed E-state index contributed by atoms with van der Waals surface area (Å²) in [6.07, 6.45) is 10.6. The quantitative estimate of drug-likeness (QED) is 0.804. The minimum Gasteiger partial charge on any atom is -0.293 e. The number of carbonyl (C=O) groups is 1. The molecule has 0 aliphatic heterocycles. The zero-order valence-electron chi connectivity index (χ0n) is 10.4. The third-order valence-corrected chi connectivity index (χ3v) is 3.87. The fraction of sp³-hybridized carbons (Fsp3) is 0.615. The number of nitrogens with one attached hydrogen (secondary N) is 2. The van der Waals surface area contributed by atoms with Gasteiger partial charge in [-0.05, 0) is 32.1 Å². The van der Waals surface area contributed by atoms with Crippen LogP contribution in [-0.2, 0) is 4.79 Å². The van der Waals surface area contributed by atoms with E-state index in [1.54, 1.807) is 0 Å². The van der Waals surface area contributed by atoms with E-state index < -0.39 is 0 Å². The first-order valence-corrected chi connectivity index (χ1v) is 6.71. The molecule has 0 aromatic carbocycles. The molecule has 1 saturated carbocycles. The van der Waals surface area contributed by atoms with Crippen molar-refractivity contribution >= 4 is 11.9 Å². The second-order valence-corrected chi connectivity index (χ2v) is 5.14. The number of rotatable bonds is 3. The third kappa shape index (κ3) is 2.30. The molecular formula is C13H18N4O. The molecule has 1 heterocycles. The Kier molecular flexibility index (Phi) is 3.13. The summed E-state index contributed by atoms with van der Waals surface area (Å²) in [7, 11) is 0. The van der Waals surface area contributed by atoms with Gasteiger partial charge in [-0.25, -0.2) is 0 Å². The summed E-state index contributed by atoms with van der Waals surface area (Å²) < 4.78 is 0. The Morgan fingerprint density at radius 1 is 1.33 bits per heavy atom. The zero-order chi connectivity index (χ0) is 12.4. The van der Waals surface area contributed by atoms with Crippen LogP contribution in [0.4, 0.5) is 5.95 Å². The van der Waals surface area contributed by atoms with Gasteiger partial charge in [-0.15, -0.1) is 5.10 Å². The molecule has 1 unspecified atom stereocenters. The molecule has 18 heavy (non-hydrogen) atoms. The van der Waals surface area contributed by atoms with E-state index in [1.807, 2.05) is 0 Å². The van der Waals surface area contributed by atoms with Gasteiger partial charge >= 0.3 is 0 Å². The highest BCUT2D eigenvalue weighted by molar-refractivity contribution is 5.91. The van der Waals surface area contributed by atoms with Crippen molar-refractivity contribution in [1.29, 1.82) is 0 Å². The fourth-order valence-electron chi connectivity index (χ4n) is 2.44. The second kappa shape index (κ2) is 4.92. The van der Waals surface area contributed by atoms with Gasteiger partial charge in [-0.2, -0.15) is 4.98 Å². The molecule has 2 aliphatic rings. The Hall–Kier alpha value is -1.65. The van der Waals surface area contributed by atoms with Gasteiger partial charge in [0.15, 0.2) is 0 Å².